The molecule has 2 atom stereocenters. The van der Waals surface area contributed by atoms with E-state index in [9.17, 15) is 0 Å². The molecule has 0 amide bonds. The Morgan fingerprint density at radius 1 is 1.17 bits per heavy atom. The van der Waals surface area contributed by atoms with Crippen LogP contribution in [0, 0.1) is 5.92 Å². The number of hydrogen-bond acceptors (Lipinski definition) is 4. The molecule has 0 bridgehead atoms. The first kappa shape index (κ1) is 19.9. The highest BCUT2D eigenvalue weighted by molar-refractivity contribution is 8.00. The molecule has 6 heteroatoms. The molecule has 24 heavy (non-hydrogen) atoms. The van der Waals surface area contributed by atoms with Crippen LogP contribution >= 0.6 is 11.8 Å². The van der Waals surface area contributed by atoms with Crippen LogP contribution in [-0.2, 0) is 0 Å². The van der Waals surface area contributed by atoms with Crippen LogP contribution in [0.4, 0.5) is 0 Å². The van der Waals surface area contributed by atoms with E-state index in [1.165, 1.54) is 38.5 Å². The van der Waals surface area contributed by atoms with Gasteiger partial charge in [0.25, 0.3) is 0 Å². The van der Waals surface area contributed by atoms with Crippen molar-refractivity contribution < 1.29 is 0 Å². The highest BCUT2D eigenvalue weighted by atomic mass is 32.2. The Bertz CT molecular complexity index is 393. The molecule has 0 aromatic carbocycles. The Hall–Kier alpha value is -0.460. The topological polar surface area (TPSA) is 34.1 Å². The van der Waals surface area contributed by atoms with Crippen LogP contribution in [0.1, 0.15) is 27.7 Å². The van der Waals surface area contributed by atoms with Gasteiger partial charge in [0.05, 0.1) is 0 Å². The van der Waals surface area contributed by atoms with E-state index >= 15 is 0 Å². The van der Waals surface area contributed by atoms with Gasteiger partial charge in [-0.25, -0.2) is 0 Å². The number of guanidine groups is 1. The predicted octanol–water partition coefficient (Wildman–Crippen LogP) is 1.66. The molecule has 2 fully saturated rings. The highest BCUT2D eigenvalue weighted by Crippen LogP contribution is 2.24. The molecule has 0 aromatic rings. The number of nitrogens with zero attached hydrogens (tertiary/aromatic N) is 4. The predicted molar refractivity (Wildman–Crippen MR) is 107 cm³/mol. The van der Waals surface area contributed by atoms with Gasteiger partial charge in [0.1, 0.15) is 0 Å². The van der Waals surface area contributed by atoms with Crippen molar-refractivity contribution >= 4 is 17.7 Å². The molecule has 2 unspecified atom stereocenters. The molecule has 0 spiro atoms. The molecule has 5 nitrogen and oxygen atoms in total. The Balaban J connectivity index is 1.79. The first-order valence-corrected chi connectivity index (χ1v) is 10.6. The van der Waals surface area contributed by atoms with E-state index in [1.54, 1.807) is 0 Å². The van der Waals surface area contributed by atoms with Crippen molar-refractivity contribution in [1.82, 2.24) is 20.0 Å². The summed E-state index contributed by atoms with van der Waals surface area (Å²) in [5.74, 6) is 3.02. The van der Waals surface area contributed by atoms with Crippen molar-refractivity contribution in [1.29, 1.82) is 0 Å². The highest BCUT2D eigenvalue weighted by Gasteiger charge is 2.26. The molecular formula is C18H37N5S. The van der Waals surface area contributed by atoms with Crippen molar-refractivity contribution in [2.45, 2.75) is 39.0 Å². The molecular weight excluding hydrogens is 318 g/mol. The van der Waals surface area contributed by atoms with Crippen LogP contribution in [-0.4, -0.2) is 97.1 Å². The fraction of sp³-hybridized carbons (Fsp3) is 0.944. The molecule has 2 heterocycles. The van der Waals surface area contributed by atoms with Gasteiger partial charge in [0, 0.05) is 69.9 Å². The Morgan fingerprint density at radius 2 is 1.88 bits per heavy atom. The van der Waals surface area contributed by atoms with Gasteiger partial charge in [-0.1, -0.05) is 20.8 Å². The van der Waals surface area contributed by atoms with Gasteiger partial charge in [-0.2, -0.15) is 11.8 Å². The number of piperazine rings is 1. The van der Waals surface area contributed by atoms with E-state index in [0.717, 1.165) is 36.8 Å². The van der Waals surface area contributed by atoms with Crippen LogP contribution in [0.2, 0.25) is 0 Å². The van der Waals surface area contributed by atoms with Crippen molar-refractivity contribution in [2.75, 3.05) is 65.2 Å². The van der Waals surface area contributed by atoms with E-state index in [2.05, 4.69) is 64.5 Å². The van der Waals surface area contributed by atoms with Gasteiger partial charge in [-0.05, 0) is 19.4 Å². The minimum absolute atomic E-state index is 0.556. The second kappa shape index (κ2) is 9.88. The van der Waals surface area contributed by atoms with E-state index in [1.807, 2.05) is 7.05 Å². The van der Waals surface area contributed by atoms with Gasteiger partial charge < -0.3 is 15.1 Å². The summed E-state index contributed by atoms with van der Waals surface area (Å²) in [4.78, 5) is 12.1. The molecule has 2 rings (SSSR count). The van der Waals surface area contributed by atoms with Gasteiger partial charge >= 0.3 is 0 Å². The molecule has 0 aliphatic carbocycles. The maximum absolute atomic E-state index is 4.54. The normalized spacial score (nSPS) is 26.0. The molecule has 2 aliphatic rings. The van der Waals surface area contributed by atoms with Crippen LogP contribution in [0.15, 0.2) is 4.99 Å². The molecule has 0 radical (unpaired) electrons. The largest absolute Gasteiger partial charge is 0.355 e. The lowest BCUT2D eigenvalue weighted by molar-refractivity contribution is 0.107. The van der Waals surface area contributed by atoms with E-state index in [0.29, 0.717) is 6.04 Å². The van der Waals surface area contributed by atoms with E-state index in [-0.39, 0.29) is 0 Å². The van der Waals surface area contributed by atoms with Crippen LogP contribution < -0.4 is 5.32 Å². The summed E-state index contributed by atoms with van der Waals surface area (Å²) in [7, 11) is 1.92. The third kappa shape index (κ3) is 5.53. The summed E-state index contributed by atoms with van der Waals surface area (Å²) >= 11 is 2.12. The summed E-state index contributed by atoms with van der Waals surface area (Å²) in [5.41, 5.74) is 0. The lowest BCUT2D eigenvalue weighted by atomic mass is 10.1. The minimum Gasteiger partial charge on any atom is -0.355 e. The molecule has 0 aromatic heterocycles. The van der Waals surface area contributed by atoms with Crippen molar-refractivity contribution in [3.8, 4) is 0 Å². The molecule has 2 saturated heterocycles. The zero-order chi connectivity index (χ0) is 17.5. The Kier molecular flexibility index (Phi) is 8.17. The number of nitrogens with one attached hydrogen (secondary N) is 1. The maximum atomic E-state index is 4.54. The lowest BCUT2D eigenvalue weighted by Gasteiger charge is -2.39. The number of likely N-dealkylation sites (N-methyl/N-ethyl adjacent to an activating group) is 1. The summed E-state index contributed by atoms with van der Waals surface area (Å²) in [5, 5.41) is 4.35. The van der Waals surface area contributed by atoms with Crippen LogP contribution in [0.25, 0.3) is 0 Å². The van der Waals surface area contributed by atoms with Crippen molar-refractivity contribution in [2.24, 2.45) is 10.9 Å². The quantitative estimate of drug-likeness (QED) is 0.599. The summed E-state index contributed by atoms with van der Waals surface area (Å²) < 4.78 is 0. The maximum Gasteiger partial charge on any atom is 0.193 e. The SMILES string of the molecule is CCN1CCN(C(C)CNC(=NC)N2CCSC(C(C)C)C2)CC1. The fourth-order valence-electron chi connectivity index (χ4n) is 3.49. The third-order valence-corrected chi connectivity index (χ3v) is 6.92. The van der Waals surface area contributed by atoms with Crippen molar-refractivity contribution in [3.05, 3.63) is 0 Å². The van der Waals surface area contributed by atoms with Crippen molar-refractivity contribution in [3.63, 3.8) is 0 Å². The summed E-state index contributed by atoms with van der Waals surface area (Å²) in [6.45, 7) is 18.4. The first-order chi connectivity index (χ1) is 11.5. The molecule has 1 N–H and O–H groups in total. The number of thioether (sulfide) groups is 1. The fourth-order valence-corrected chi connectivity index (χ4v) is 4.79. The van der Waals surface area contributed by atoms with Crippen LogP contribution in [0.5, 0.6) is 0 Å². The molecule has 2 aliphatic heterocycles. The second-order valence-electron chi connectivity index (χ2n) is 7.35. The summed E-state index contributed by atoms with van der Waals surface area (Å²) in [6, 6.07) is 0.556. The number of aliphatic imine (C=N–C) groups is 1. The zero-order valence-electron chi connectivity index (χ0n) is 16.3. The van der Waals surface area contributed by atoms with Gasteiger partial charge in [-0.3, -0.25) is 9.89 Å². The van der Waals surface area contributed by atoms with E-state index < -0.39 is 0 Å². The smallest absolute Gasteiger partial charge is 0.193 e. The second-order valence-corrected chi connectivity index (χ2v) is 8.69. The van der Waals surface area contributed by atoms with Gasteiger partial charge in [0.15, 0.2) is 5.96 Å². The molecule has 140 valence electrons. The van der Waals surface area contributed by atoms with E-state index in [4.69, 9.17) is 0 Å². The van der Waals surface area contributed by atoms with Crippen LogP contribution in [0.3, 0.4) is 0 Å². The summed E-state index contributed by atoms with van der Waals surface area (Å²) in [6.07, 6.45) is 0. The lowest BCUT2D eigenvalue weighted by Crippen LogP contribution is -2.54. The average Bonchev–Trinajstić information content (AvgIpc) is 2.62. The first-order valence-electron chi connectivity index (χ1n) is 9.58. The number of hydrogen-bond donors (Lipinski definition) is 1. The monoisotopic (exact) mass is 355 g/mol. The zero-order valence-corrected chi connectivity index (χ0v) is 17.1. The van der Waals surface area contributed by atoms with Gasteiger partial charge in [0.2, 0.25) is 0 Å². The Labute approximate surface area is 153 Å². The standard InChI is InChI=1S/C18H37N5S/c1-6-21-7-9-22(10-8-21)16(4)13-20-18(19-5)23-11-12-24-17(14-23)15(2)3/h15-17H,6-14H2,1-5H3,(H,19,20). The van der Waals surface area contributed by atoms with Gasteiger partial charge in [-0.15, -0.1) is 0 Å². The minimum atomic E-state index is 0.556. The number of rotatable bonds is 5. The third-order valence-electron chi connectivity index (χ3n) is 5.38. The molecule has 0 saturated carbocycles. The average molecular weight is 356 g/mol. The Morgan fingerprint density at radius 3 is 2.46 bits per heavy atom.